The summed E-state index contributed by atoms with van der Waals surface area (Å²) in [4.78, 5) is 12.1. The van der Waals surface area contributed by atoms with E-state index in [0.29, 0.717) is 24.2 Å². The van der Waals surface area contributed by atoms with Crippen LogP contribution in [0.2, 0.25) is 0 Å². The van der Waals surface area contributed by atoms with Gasteiger partial charge in [0.05, 0.1) is 23.3 Å². The summed E-state index contributed by atoms with van der Waals surface area (Å²) in [7, 11) is -7.63. The van der Waals surface area contributed by atoms with E-state index in [2.05, 4.69) is 0 Å². The van der Waals surface area contributed by atoms with Gasteiger partial charge in [-0.1, -0.05) is 6.07 Å². The van der Waals surface area contributed by atoms with Crippen molar-refractivity contribution in [2.75, 3.05) is 26.0 Å². The van der Waals surface area contributed by atoms with Crippen molar-refractivity contribution in [1.29, 1.82) is 0 Å². The van der Waals surface area contributed by atoms with Gasteiger partial charge >= 0.3 is 0 Å². The summed E-state index contributed by atoms with van der Waals surface area (Å²) < 4.78 is 85.4. The van der Waals surface area contributed by atoms with E-state index >= 15 is 0 Å². The van der Waals surface area contributed by atoms with Crippen LogP contribution in [0.4, 0.5) is 8.78 Å². The number of sulfonamides is 2. The Morgan fingerprint density at radius 3 is 2.34 bits per heavy atom. The zero-order chi connectivity index (χ0) is 25.4. The molecule has 1 N–H and O–H groups in total. The van der Waals surface area contributed by atoms with Gasteiger partial charge in [-0.25, -0.2) is 30.3 Å². The van der Waals surface area contributed by atoms with Crippen LogP contribution in [0.1, 0.15) is 47.5 Å². The van der Waals surface area contributed by atoms with Gasteiger partial charge in [0.25, 0.3) is 5.91 Å². The highest BCUT2D eigenvalue weighted by molar-refractivity contribution is 7.89. The lowest BCUT2D eigenvalue weighted by molar-refractivity contribution is 0.0977. The summed E-state index contributed by atoms with van der Waals surface area (Å²) in [5.41, 5.74) is 0.289. The first kappa shape index (κ1) is 25.5. The van der Waals surface area contributed by atoms with Crippen molar-refractivity contribution in [1.82, 2.24) is 9.03 Å². The van der Waals surface area contributed by atoms with Crippen LogP contribution in [0.3, 0.4) is 0 Å². The van der Waals surface area contributed by atoms with Crippen LogP contribution in [0.25, 0.3) is 0 Å². The van der Waals surface area contributed by atoms with Crippen molar-refractivity contribution in [3.05, 3.63) is 59.2 Å². The Morgan fingerprint density at radius 2 is 1.74 bits per heavy atom. The number of carbonyl (C=O) groups is 1. The summed E-state index contributed by atoms with van der Waals surface area (Å²) in [5, 5.41) is 0. The fourth-order valence-corrected chi connectivity index (χ4v) is 6.06. The fraction of sp³-hybridized carbons (Fsp3) is 0.435. The minimum atomic E-state index is -3.84. The van der Waals surface area contributed by atoms with Gasteiger partial charge in [-0.05, 0) is 67.3 Å². The summed E-state index contributed by atoms with van der Waals surface area (Å²) >= 11 is 0. The van der Waals surface area contributed by atoms with Gasteiger partial charge in [0.2, 0.25) is 20.0 Å². The largest absolute Gasteiger partial charge is 0.493 e. The zero-order valence-electron chi connectivity index (χ0n) is 19.0. The third-order valence-electron chi connectivity index (χ3n) is 6.12. The van der Waals surface area contributed by atoms with Crippen molar-refractivity contribution in [2.45, 2.75) is 36.5 Å². The maximum absolute atomic E-state index is 14.6. The number of rotatable bonds is 8. The summed E-state index contributed by atoms with van der Waals surface area (Å²) in [6.07, 6.45) is 3.56. The SMILES string of the molecule is CS(=O)(=O)NC(=O)c1cc(C2CC2)c(OCC2CCN(S(=O)(=O)c3cccc(F)c3)CC2)cc1F. The monoisotopic (exact) mass is 528 g/mol. The second-order valence-corrected chi connectivity index (χ2v) is 12.6. The number of hydrogen-bond acceptors (Lipinski definition) is 6. The Labute approximate surface area is 203 Å². The normalized spacial score (nSPS) is 17.8. The first-order valence-corrected chi connectivity index (χ1v) is 14.5. The Bertz CT molecular complexity index is 1340. The third-order valence-corrected chi connectivity index (χ3v) is 8.57. The van der Waals surface area contributed by atoms with E-state index in [1.165, 1.54) is 28.6 Å². The van der Waals surface area contributed by atoms with Crippen LogP contribution in [-0.2, 0) is 20.0 Å². The van der Waals surface area contributed by atoms with Crippen molar-refractivity contribution in [3.8, 4) is 5.75 Å². The summed E-state index contributed by atoms with van der Waals surface area (Å²) in [6, 6.07) is 7.35. The molecule has 1 saturated heterocycles. The molecule has 1 aliphatic carbocycles. The third kappa shape index (κ3) is 6.17. The van der Waals surface area contributed by atoms with Gasteiger partial charge in [-0.3, -0.25) is 4.79 Å². The minimum Gasteiger partial charge on any atom is -0.493 e. The van der Waals surface area contributed by atoms with Crippen LogP contribution in [0.15, 0.2) is 41.3 Å². The number of piperidine rings is 1. The molecular formula is C23H26F2N2O6S2. The lowest BCUT2D eigenvalue weighted by Crippen LogP contribution is -2.39. The Morgan fingerprint density at radius 1 is 1.06 bits per heavy atom. The van der Waals surface area contributed by atoms with Crippen LogP contribution in [0.5, 0.6) is 5.75 Å². The predicted octanol–water partition coefficient (Wildman–Crippen LogP) is 3.01. The molecule has 190 valence electrons. The van der Waals surface area contributed by atoms with E-state index < -0.39 is 37.6 Å². The number of ether oxygens (including phenoxy) is 1. The maximum atomic E-state index is 14.6. The molecule has 35 heavy (non-hydrogen) atoms. The summed E-state index contributed by atoms with van der Waals surface area (Å²) in [5.74, 6) is -2.11. The first-order chi connectivity index (χ1) is 16.4. The molecule has 4 rings (SSSR count). The number of hydrogen-bond donors (Lipinski definition) is 1. The van der Waals surface area contributed by atoms with Crippen molar-refractivity contribution >= 4 is 26.0 Å². The quantitative estimate of drug-likeness (QED) is 0.564. The molecule has 0 aromatic heterocycles. The molecule has 0 unspecified atom stereocenters. The van der Waals surface area contributed by atoms with Crippen molar-refractivity contribution in [2.24, 2.45) is 5.92 Å². The maximum Gasteiger partial charge on any atom is 0.267 e. The highest BCUT2D eigenvalue weighted by atomic mass is 32.2. The predicted molar refractivity (Wildman–Crippen MR) is 124 cm³/mol. The standard InChI is InChI=1S/C23H26F2N2O6S2/c1-34(29,30)26-23(28)20-12-19(16-5-6-16)22(13-21(20)25)33-14-15-7-9-27(10-8-15)35(31,32)18-4-2-3-17(24)11-18/h2-4,11-13,15-16H,5-10,14H2,1H3,(H,26,28). The molecule has 0 spiro atoms. The highest BCUT2D eigenvalue weighted by Crippen LogP contribution is 2.45. The topological polar surface area (TPSA) is 110 Å². The molecule has 1 saturated carbocycles. The molecule has 8 nitrogen and oxygen atoms in total. The lowest BCUT2D eigenvalue weighted by atomic mass is 9.99. The number of benzene rings is 2. The fourth-order valence-electron chi connectivity index (χ4n) is 4.11. The number of carbonyl (C=O) groups excluding carboxylic acids is 1. The summed E-state index contributed by atoms with van der Waals surface area (Å²) in [6.45, 7) is 0.741. The molecule has 2 aliphatic rings. The van der Waals surface area contributed by atoms with Crippen LogP contribution >= 0.6 is 0 Å². The Kier molecular flexibility index (Phi) is 7.16. The molecule has 2 fully saturated rings. The Balaban J connectivity index is 1.40. The van der Waals surface area contributed by atoms with Gasteiger partial charge < -0.3 is 4.74 Å². The van der Waals surface area contributed by atoms with E-state index in [0.717, 1.165) is 31.2 Å². The average Bonchev–Trinajstić information content (AvgIpc) is 3.62. The van der Waals surface area contributed by atoms with Gasteiger partial charge in [0, 0.05) is 19.2 Å². The molecule has 1 aliphatic heterocycles. The number of nitrogens with zero attached hydrogens (tertiary/aromatic N) is 1. The molecule has 0 bridgehead atoms. The molecule has 1 heterocycles. The molecule has 1 amide bonds. The van der Waals surface area contributed by atoms with E-state index in [-0.39, 0.29) is 42.0 Å². The number of amides is 1. The minimum absolute atomic E-state index is 0.0253. The van der Waals surface area contributed by atoms with Gasteiger partial charge in [-0.15, -0.1) is 0 Å². The zero-order valence-corrected chi connectivity index (χ0v) is 20.7. The molecule has 2 aromatic carbocycles. The second-order valence-electron chi connectivity index (χ2n) is 8.96. The van der Waals surface area contributed by atoms with E-state index in [4.69, 9.17) is 4.74 Å². The van der Waals surface area contributed by atoms with Crippen LogP contribution in [-0.4, -0.2) is 53.0 Å². The highest BCUT2D eigenvalue weighted by Gasteiger charge is 2.32. The van der Waals surface area contributed by atoms with E-state index in [1.807, 2.05) is 0 Å². The second kappa shape index (κ2) is 9.82. The molecule has 0 atom stereocenters. The lowest BCUT2D eigenvalue weighted by Gasteiger charge is -2.31. The van der Waals surface area contributed by atoms with Crippen molar-refractivity contribution < 1.29 is 35.1 Å². The smallest absolute Gasteiger partial charge is 0.267 e. The van der Waals surface area contributed by atoms with Crippen LogP contribution < -0.4 is 9.46 Å². The Hall–Kier alpha value is -2.57. The van der Waals surface area contributed by atoms with Gasteiger partial charge in [0.1, 0.15) is 17.4 Å². The molecule has 12 heteroatoms. The molecule has 2 aromatic rings. The molecular weight excluding hydrogens is 502 g/mol. The average molecular weight is 529 g/mol. The number of halogens is 2. The van der Waals surface area contributed by atoms with Crippen molar-refractivity contribution in [3.63, 3.8) is 0 Å². The van der Waals surface area contributed by atoms with E-state index in [1.54, 1.807) is 4.72 Å². The number of nitrogens with one attached hydrogen (secondary N) is 1. The first-order valence-electron chi connectivity index (χ1n) is 11.2. The van der Waals surface area contributed by atoms with Gasteiger partial charge in [-0.2, -0.15) is 4.31 Å². The van der Waals surface area contributed by atoms with E-state index in [9.17, 15) is 30.4 Å². The van der Waals surface area contributed by atoms with Gasteiger partial charge in [0.15, 0.2) is 0 Å². The van der Waals surface area contributed by atoms with Crippen LogP contribution in [0, 0.1) is 17.6 Å². The molecule has 0 radical (unpaired) electrons.